The van der Waals surface area contributed by atoms with Crippen molar-refractivity contribution in [2.24, 2.45) is 23.2 Å². The zero-order valence-electron chi connectivity index (χ0n) is 14.0. The first-order chi connectivity index (χ1) is 11.0. The molecular formula is C19H26N2OS. The summed E-state index contributed by atoms with van der Waals surface area (Å²) >= 11 is 1.61. The number of hydrogen-bond donors (Lipinski definition) is 1. The minimum atomic E-state index is 0.0268. The number of aryl methyl sites for hydroxylation is 1. The summed E-state index contributed by atoms with van der Waals surface area (Å²) in [5, 5.41) is 6.29. The molecule has 0 radical (unpaired) electrons. The number of hydrogen-bond acceptors (Lipinski definition) is 3. The van der Waals surface area contributed by atoms with Gasteiger partial charge in [-0.3, -0.25) is 4.79 Å². The average Bonchev–Trinajstić information content (AvgIpc) is 2.89. The summed E-state index contributed by atoms with van der Waals surface area (Å²) in [6.07, 6.45) is 11.8. The minimum Gasteiger partial charge on any atom is -0.350 e. The Balaban J connectivity index is 1.40. The summed E-state index contributed by atoms with van der Waals surface area (Å²) in [5.41, 5.74) is 1.25. The maximum Gasteiger partial charge on any atom is 0.244 e. The Morgan fingerprint density at radius 3 is 2.43 bits per heavy atom. The molecule has 4 aliphatic carbocycles. The van der Waals surface area contributed by atoms with E-state index in [0.717, 1.165) is 28.5 Å². The van der Waals surface area contributed by atoms with Crippen molar-refractivity contribution in [3.05, 3.63) is 22.2 Å². The Kier molecular flexibility index (Phi) is 3.83. The van der Waals surface area contributed by atoms with E-state index >= 15 is 0 Å². The van der Waals surface area contributed by atoms with Gasteiger partial charge in [-0.2, -0.15) is 0 Å². The molecule has 4 fully saturated rings. The van der Waals surface area contributed by atoms with E-state index in [1.165, 1.54) is 38.5 Å². The van der Waals surface area contributed by atoms with Gasteiger partial charge in [0.15, 0.2) is 0 Å². The van der Waals surface area contributed by atoms with Crippen molar-refractivity contribution in [2.75, 3.05) is 0 Å². The maximum atomic E-state index is 12.3. The molecule has 1 aromatic heterocycles. The lowest BCUT2D eigenvalue weighted by molar-refractivity contribution is -0.121. The van der Waals surface area contributed by atoms with E-state index < -0.39 is 0 Å². The van der Waals surface area contributed by atoms with Crippen molar-refractivity contribution in [2.45, 2.75) is 58.4 Å². The molecule has 0 aliphatic heterocycles. The quantitative estimate of drug-likeness (QED) is 0.841. The predicted octanol–water partition coefficient (Wildman–Crippen LogP) is 4.19. The van der Waals surface area contributed by atoms with Crippen LogP contribution in [0.1, 0.15) is 56.2 Å². The first kappa shape index (κ1) is 15.4. The first-order valence-electron chi connectivity index (χ1n) is 8.93. The van der Waals surface area contributed by atoms with Crippen LogP contribution in [0.25, 0.3) is 6.08 Å². The molecule has 1 aromatic rings. The van der Waals surface area contributed by atoms with Crippen LogP contribution < -0.4 is 5.32 Å². The predicted molar refractivity (Wildman–Crippen MR) is 94.1 cm³/mol. The highest BCUT2D eigenvalue weighted by Gasteiger charge is 2.53. The molecule has 4 heteroatoms. The molecule has 1 heterocycles. The SMILES string of the molecule is Cc1nc(/C=C/C(=O)NC(C)C23CC4CC(CC(C4)C2)C3)cs1. The summed E-state index contributed by atoms with van der Waals surface area (Å²) in [7, 11) is 0. The molecule has 124 valence electrons. The van der Waals surface area contributed by atoms with Gasteiger partial charge in [0.05, 0.1) is 10.7 Å². The fourth-order valence-electron chi connectivity index (χ4n) is 5.74. The van der Waals surface area contributed by atoms with Gasteiger partial charge in [-0.15, -0.1) is 11.3 Å². The van der Waals surface area contributed by atoms with Crippen LogP contribution in [0.2, 0.25) is 0 Å². The molecule has 3 nitrogen and oxygen atoms in total. The summed E-state index contributed by atoms with van der Waals surface area (Å²) in [4.78, 5) is 16.7. The highest BCUT2D eigenvalue weighted by Crippen LogP contribution is 2.61. The third-order valence-corrected chi connectivity index (χ3v) is 7.20. The second-order valence-corrected chi connectivity index (χ2v) is 9.20. The van der Waals surface area contributed by atoms with Crippen LogP contribution in [0.3, 0.4) is 0 Å². The normalized spacial score (nSPS) is 36.5. The Labute approximate surface area is 142 Å². The molecule has 1 N–H and O–H groups in total. The monoisotopic (exact) mass is 330 g/mol. The third-order valence-electron chi connectivity index (χ3n) is 6.41. The lowest BCUT2D eigenvalue weighted by Gasteiger charge is -2.59. The Morgan fingerprint density at radius 2 is 1.91 bits per heavy atom. The molecule has 23 heavy (non-hydrogen) atoms. The molecule has 1 amide bonds. The summed E-state index contributed by atoms with van der Waals surface area (Å²) < 4.78 is 0. The highest BCUT2D eigenvalue weighted by molar-refractivity contribution is 7.09. The second-order valence-electron chi connectivity index (χ2n) is 8.13. The van der Waals surface area contributed by atoms with Gasteiger partial charge < -0.3 is 5.32 Å². The third kappa shape index (κ3) is 2.98. The molecule has 4 saturated carbocycles. The number of amides is 1. The van der Waals surface area contributed by atoms with Crippen LogP contribution in [-0.4, -0.2) is 16.9 Å². The molecular weight excluding hydrogens is 304 g/mol. The number of nitrogens with zero attached hydrogens (tertiary/aromatic N) is 1. The fraction of sp³-hybridized carbons (Fsp3) is 0.684. The van der Waals surface area contributed by atoms with Crippen LogP contribution in [0.5, 0.6) is 0 Å². The Hall–Kier alpha value is -1.16. The summed E-state index contributed by atoms with van der Waals surface area (Å²) in [6, 6.07) is 0.283. The van der Waals surface area contributed by atoms with E-state index in [4.69, 9.17) is 0 Å². The van der Waals surface area contributed by atoms with Gasteiger partial charge in [-0.1, -0.05) is 0 Å². The van der Waals surface area contributed by atoms with Crippen LogP contribution >= 0.6 is 11.3 Å². The molecule has 1 atom stereocenters. The van der Waals surface area contributed by atoms with Gasteiger partial charge >= 0.3 is 0 Å². The molecule has 5 rings (SSSR count). The smallest absolute Gasteiger partial charge is 0.244 e. The number of carbonyl (C=O) groups is 1. The van der Waals surface area contributed by atoms with Gasteiger partial charge in [0.1, 0.15) is 0 Å². The van der Waals surface area contributed by atoms with E-state index in [-0.39, 0.29) is 11.9 Å². The van der Waals surface area contributed by atoms with Crippen LogP contribution in [-0.2, 0) is 4.79 Å². The largest absolute Gasteiger partial charge is 0.350 e. The molecule has 4 bridgehead atoms. The van der Waals surface area contributed by atoms with Crippen molar-refractivity contribution in [1.29, 1.82) is 0 Å². The van der Waals surface area contributed by atoms with Crippen molar-refractivity contribution >= 4 is 23.3 Å². The molecule has 4 aliphatic rings. The van der Waals surface area contributed by atoms with Gasteiger partial charge in [0.25, 0.3) is 0 Å². The van der Waals surface area contributed by atoms with E-state index in [1.54, 1.807) is 17.4 Å². The summed E-state index contributed by atoms with van der Waals surface area (Å²) in [5.74, 6) is 2.80. The standard InChI is InChI=1S/C19H26N2OS/c1-12(20-18(22)4-3-17-11-23-13(2)21-17)19-8-14-5-15(9-19)7-16(6-14)10-19/h3-4,11-12,14-16H,5-10H2,1-2H3,(H,20,22)/b4-3+. The Morgan fingerprint density at radius 1 is 1.30 bits per heavy atom. The van der Waals surface area contributed by atoms with Crippen molar-refractivity contribution < 1.29 is 4.79 Å². The van der Waals surface area contributed by atoms with Gasteiger partial charge in [-0.25, -0.2) is 4.98 Å². The number of rotatable bonds is 4. The number of nitrogens with one attached hydrogen (secondary N) is 1. The zero-order valence-corrected chi connectivity index (χ0v) is 14.9. The molecule has 0 spiro atoms. The fourth-order valence-corrected chi connectivity index (χ4v) is 6.32. The topological polar surface area (TPSA) is 42.0 Å². The van der Waals surface area contributed by atoms with E-state index in [2.05, 4.69) is 17.2 Å². The maximum absolute atomic E-state index is 12.3. The van der Waals surface area contributed by atoms with E-state index in [0.29, 0.717) is 5.41 Å². The zero-order chi connectivity index (χ0) is 16.0. The minimum absolute atomic E-state index is 0.0268. The van der Waals surface area contributed by atoms with Gasteiger partial charge in [0.2, 0.25) is 5.91 Å². The van der Waals surface area contributed by atoms with Gasteiger partial charge in [0, 0.05) is 17.5 Å². The number of aromatic nitrogens is 1. The average molecular weight is 330 g/mol. The molecule has 1 unspecified atom stereocenters. The van der Waals surface area contributed by atoms with Crippen molar-refractivity contribution in [1.82, 2.24) is 10.3 Å². The summed E-state index contributed by atoms with van der Waals surface area (Å²) in [6.45, 7) is 4.21. The number of thiazole rings is 1. The van der Waals surface area contributed by atoms with E-state index in [1.807, 2.05) is 18.4 Å². The van der Waals surface area contributed by atoms with Crippen molar-refractivity contribution in [3.63, 3.8) is 0 Å². The van der Waals surface area contributed by atoms with Crippen LogP contribution in [0, 0.1) is 30.1 Å². The van der Waals surface area contributed by atoms with Crippen LogP contribution in [0.15, 0.2) is 11.5 Å². The lowest BCUT2D eigenvalue weighted by atomic mass is 9.48. The Bertz CT molecular complexity index is 598. The van der Waals surface area contributed by atoms with E-state index in [9.17, 15) is 4.79 Å². The number of carbonyl (C=O) groups excluding carboxylic acids is 1. The van der Waals surface area contributed by atoms with Crippen LogP contribution in [0.4, 0.5) is 0 Å². The molecule has 0 aromatic carbocycles. The highest BCUT2D eigenvalue weighted by atomic mass is 32.1. The van der Waals surface area contributed by atoms with Crippen molar-refractivity contribution in [3.8, 4) is 0 Å². The van der Waals surface area contributed by atoms with Gasteiger partial charge in [-0.05, 0) is 81.6 Å². The second kappa shape index (κ2) is 5.73. The molecule has 0 saturated heterocycles. The first-order valence-corrected chi connectivity index (χ1v) is 9.81. The lowest BCUT2D eigenvalue weighted by Crippen LogP contribution is -2.55.